The molecule has 2 aliphatic rings. The van der Waals surface area contributed by atoms with Crippen LogP contribution >= 0.6 is 15.9 Å². The maximum absolute atomic E-state index is 13.1. The molecule has 0 saturated carbocycles. The number of nitrogens with one attached hydrogen (secondary N) is 1. The highest BCUT2D eigenvalue weighted by atomic mass is 79.9. The quantitative estimate of drug-likeness (QED) is 0.686. The zero-order valence-corrected chi connectivity index (χ0v) is 19.3. The van der Waals surface area contributed by atoms with Crippen LogP contribution in [0.2, 0.25) is 0 Å². The lowest BCUT2D eigenvalue weighted by atomic mass is 10.2. The second-order valence-corrected chi connectivity index (χ2v) is 10.2. The average Bonchev–Trinajstić information content (AvgIpc) is 2.77. The molecule has 10 heteroatoms. The van der Waals surface area contributed by atoms with E-state index in [1.807, 2.05) is 13.0 Å². The van der Waals surface area contributed by atoms with Gasteiger partial charge in [0.2, 0.25) is 10.0 Å². The minimum Gasteiger partial charge on any atom is -0.478 e. The highest BCUT2D eigenvalue weighted by molar-refractivity contribution is 9.10. The second-order valence-electron chi connectivity index (χ2n) is 7.37. The molecule has 0 radical (unpaired) electrons. The maximum Gasteiger partial charge on any atom is 0.265 e. The summed E-state index contributed by atoms with van der Waals surface area (Å²) in [6.45, 7) is 2.83. The van der Waals surface area contributed by atoms with Gasteiger partial charge in [0.05, 0.1) is 10.6 Å². The Morgan fingerprint density at radius 2 is 1.90 bits per heavy atom. The summed E-state index contributed by atoms with van der Waals surface area (Å²) < 4.78 is 34.1. The van der Waals surface area contributed by atoms with Crippen molar-refractivity contribution in [3.63, 3.8) is 0 Å². The molecule has 1 atom stereocenters. The van der Waals surface area contributed by atoms with Gasteiger partial charge in [-0.25, -0.2) is 8.42 Å². The van der Waals surface area contributed by atoms with Gasteiger partial charge in [-0.1, -0.05) is 28.9 Å². The van der Waals surface area contributed by atoms with Crippen LogP contribution in [0.4, 0.5) is 5.69 Å². The minimum absolute atomic E-state index is 0.0804. The summed E-state index contributed by atoms with van der Waals surface area (Å²) in [4.78, 5) is 26.5. The van der Waals surface area contributed by atoms with Crippen LogP contribution in [-0.4, -0.2) is 61.7 Å². The molecule has 0 aromatic heterocycles. The Labute approximate surface area is 189 Å². The number of ether oxygens (including phenoxy) is 1. The topological polar surface area (TPSA) is 96.0 Å². The van der Waals surface area contributed by atoms with Crippen molar-refractivity contribution in [1.29, 1.82) is 0 Å². The largest absolute Gasteiger partial charge is 0.478 e. The van der Waals surface area contributed by atoms with Crippen molar-refractivity contribution < 1.29 is 22.7 Å². The van der Waals surface area contributed by atoms with Gasteiger partial charge in [-0.15, -0.1) is 0 Å². The van der Waals surface area contributed by atoms with Crippen molar-refractivity contribution in [3.05, 3.63) is 52.5 Å². The lowest BCUT2D eigenvalue weighted by Gasteiger charge is -2.34. The third-order valence-corrected chi connectivity index (χ3v) is 7.76. The van der Waals surface area contributed by atoms with Crippen LogP contribution in [0.15, 0.2) is 51.8 Å². The Morgan fingerprint density at radius 1 is 1.16 bits per heavy atom. The van der Waals surface area contributed by atoms with E-state index in [1.54, 1.807) is 29.2 Å². The summed E-state index contributed by atoms with van der Waals surface area (Å²) in [5.41, 5.74) is 0.903. The van der Waals surface area contributed by atoms with Gasteiger partial charge in [-0.05, 0) is 42.8 Å². The van der Waals surface area contributed by atoms with Crippen molar-refractivity contribution in [2.45, 2.75) is 24.3 Å². The van der Waals surface area contributed by atoms with Crippen LogP contribution in [0.25, 0.3) is 0 Å². The van der Waals surface area contributed by atoms with Gasteiger partial charge in [0.15, 0.2) is 6.10 Å². The van der Waals surface area contributed by atoms with Crippen LogP contribution < -0.4 is 10.1 Å². The first-order valence-corrected chi connectivity index (χ1v) is 12.2. The van der Waals surface area contributed by atoms with E-state index in [-0.39, 0.29) is 29.8 Å². The van der Waals surface area contributed by atoms with Crippen molar-refractivity contribution in [2.24, 2.45) is 0 Å². The third-order valence-electron chi connectivity index (χ3n) is 5.38. The number of amides is 2. The average molecular weight is 508 g/mol. The van der Waals surface area contributed by atoms with E-state index in [2.05, 4.69) is 21.2 Å². The Balaban J connectivity index is 1.47. The maximum atomic E-state index is 13.1. The number of rotatable bonds is 4. The number of benzene rings is 2. The Bertz CT molecular complexity index is 1130. The molecule has 0 aliphatic carbocycles. The van der Waals surface area contributed by atoms with E-state index in [9.17, 15) is 18.0 Å². The normalized spacial score (nSPS) is 19.4. The molecular formula is C21H22BrN3O5S. The Morgan fingerprint density at radius 3 is 2.58 bits per heavy atom. The SMILES string of the molecule is CCC1Oc2ccc(S(=O)(=O)N3CCN(C(=O)c4cccc(Br)c4)CC3)cc2NC1=O. The van der Waals surface area contributed by atoms with E-state index in [1.165, 1.54) is 16.4 Å². The summed E-state index contributed by atoms with van der Waals surface area (Å²) >= 11 is 3.36. The molecular weight excluding hydrogens is 486 g/mol. The molecule has 31 heavy (non-hydrogen) atoms. The van der Waals surface area contributed by atoms with E-state index in [0.29, 0.717) is 36.5 Å². The molecule has 2 aliphatic heterocycles. The predicted octanol–water partition coefficient (Wildman–Crippen LogP) is 2.71. The number of sulfonamides is 1. The molecule has 164 valence electrons. The van der Waals surface area contributed by atoms with Crippen molar-refractivity contribution in [3.8, 4) is 5.75 Å². The fraction of sp³-hybridized carbons (Fsp3) is 0.333. The van der Waals surface area contributed by atoms with Crippen molar-refractivity contribution >= 4 is 43.5 Å². The molecule has 0 spiro atoms. The molecule has 1 saturated heterocycles. The number of carbonyl (C=O) groups excluding carboxylic acids is 2. The summed E-state index contributed by atoms with van der Waals surface area (Å²) in [6.07, 6.45) is -0.0559. The third kappa shape index (κ3) is 4.32. The van der Waals surface area contributed by atoms with Gasteiger partial charge in [0.25, 0.3) is 11.8 Å². The molecule has 1 N–H and O–H groups in total. The van der Waals surface area contributed by atoms with Gasteiger partial charge < -0.3 is 15.0 Å². The number of piperazine rings is 1. The molecule has 4 rings (SSSR count). The van der Waals surface area contributed by atoms with Crippen LogP contribution in [0, 0.1) is 0 Å². The summed E-state index contributed by atoms with van der Waals surface area (Å²) in [7, 11) is -3.77. The summed E-state index contributed by atoms with van der Waals surface area (Å²) in [5.74, 6) is 0.0385. The van der Waals surface area contributed by atoms with Gasteiger partial charge in [0.1, 0.15) is 5.75 Å². The number of fused-ring (bicyclic) bond motifs is 1. The zero-order chi connectivity index (χ0) is 22.2. The Hall–Kier alpha value is -2.43. The molecule has 2 aromatic rings. The van der Waals surface area contributed by atoms with E-state index in [0.717, 1.165) is 4.47 Å². The zero-order valence-electron chi connectivity index (χ0n) is 16.9. The standard InChI is InChI=1S/C21H22BrN3O5S/c1-2-18-20(26)23-17-13-16(6-7-19(17)30-18)31(28,29)25-10-8-24(9-11-25)21(27)14-4-3-5-15(22)12-14/h3-7,12-13,18H,2,8-11H2,1H3,(H,23,26). The lowest BCUT2D eigenvalue weighted by molar-refractivity contribution is -0.123. The molecule has 0 bridgehead atoms. The first-order chi connectivity index (χ1) is 14.8. The first kappa shape index (κ1) is 21.8. The molecule has 1 unspecified atom stereocenters. The molecule has 2 heterocycles. The fourth-order valence-corrected chi connectivity index (χ4v) is 5.49. The molecule has 2 aromatic carbocycles. The summed E-state index contributed by atoms with van der Waals surface area (Å²) in [6, 6.07) is 11.6. The highest BCUT2D eigenvalue weighted by Crippen LogP contribution is 2.33. The summed E-state index contributed by atoms with van der Waals surface area (Å²) in [5, 5.41) is 2.72. The number of halogens is 1. The fourth-order valence-electron chi connectivity index (χ4n) is 3.64. The monoisotopic (exact) mass is 507 g/mol. The van der Waals surface area contributed by atoms with Crippen molar-refractivity contribution in [1.82, 2.24) is 9.21 Å². The number of nitrogens with zero attached hydrogens (tertiary/aromatic N) is 2. The van der Waals surface area contributed by atoms with Gasteiger partial charge in [0, 0.05) is 36.2 Å². The van der Waals surface area contributed by atoms with E-state index < -0.39 is 16.1 Å². The highest BCUT2D eigenvalue weighted by Gasteiger charge is 2.32. The molecule has 2 amide bonds. The lowest BCUT2D eigenvalue weighted by Crippen LogP contribution is -2.50. The number of hydrogen-bond acceptors (Lipinski definition) is 5. The van der Waals surface area contributed by atoms with Crippen molar-refractivity contribution in [2.75, 3.05) is 31.5 Å². The number of anilines is 1. The first-order valence-electron chi connectivity index (χ1n) is 9.96. The number of carbonyl (C=O) groups is 2. The number of hydrogen-bond donors (Lipinski definition) is 1. The molecule has 8 nitrogen and oxygen atoms in total. The van der Waals surface area contributed by atoms with Gasteiger partial charge >= 0.3 is 0 Å². The van der Waals surface area contributed by atoms with Gasteiger partial charge in [-0.3, -0.25) is 9.59 Å². The second kappa shape index (κ2) is 8.60. The van der Waals surface area contributed by atoms with Gasteiger partial charge in [-0.2, -0.15) is 4.31 Å². The van der Waals surface area contributed by atoms with E-state index in [4.69, 9.17) is 4.74 Å². The van der Waals surface area contributed by atoms with Crippen LogP contribution in [-0.2, 0) is 14.8 Å². The smallest absolute Gasteiger partial charge is 0.265 e. The Kier molecular flexibility index (Phi) is 6.05. The minimum atomic E-state index is -3.77. The predicted molar refractivity (Wildman–Crippen MR) is 119 cm³/mol. The van der Waals surface area contributed by atoms with Crippen LogP contribution in [0.3, 0.4) is 0 Å². The van der Waals surface area contributed by atoms with Crippen LogP contribution in [0.1, 0.15) is 23.7 Å². The van der Waals surface area contributed by atoms with Crippen LogP contribution in [0.5, 0.6) is 5.75 Å². The van der Waals surface area contributed by atoms with E-state index >= 15 is 0 Å². The molecule has 1 fully saturated rings.